The first kappa shape index (κ1) is 24.2. The molecule has 0 N–H and O–H groups in total. The Hall–Kier alpha value is -2.05. The number of aromatic nitrogens is 1. The van der Waals surface area contributed by atoms with Crippen molar-refractivity contribution in [1.82, 2.24) is 4.57 Å². The molecule has 3 aromatic rings. The normalized spacial score (nSPS) is 11.5. The average molecular weight is 415 g/mol. The zero-order valence-corrected chi connectivity index (χ0v) is 19.8. The number of carbonyl (C=O) groups excluding carboxylic acids is 1. The van der Waals surface area contributed by atoms with Crippen LogP contribution in [0, 0.1) is 6.92 Å². The Balaban J connectivity index is 0.00000320. The third kappa shape index (κ3) is 6.47. The molecule has 0 fully saturated rings. The predicted molar refractivity (Wildman–Crippen MR) is 111 cm³/mol. The molecule has 0 radical (unpaired) electrons. The van der Waals surface area contributed by atoms with Gasteiger partial charge in [-0.1, -0.05) is 42.5 Å². The molecule has 0 aliphatic heterocycles. The second-order valence-corrected chi connectivity index (χ2v) is 6.84. The fourth-order valence-electron chi connectivity index (χ4n) is 3.33. The number of nitrogens with zero attached hydrogens (tertiary/aromatic N) is 1. The maximum atomic E-state index is 11.1. The SMILES string of the molecule is CCOC(Cc1ccc(OCCn2c(C)ccc2-c2ccccc2)cc1)C(=O)[O-].[Na+]. The molecule has 1 unspecified atom stereocenters. The minimum atomic E-state index is -1.19. The van der Waals surface area contributed by atoms with Crippen molar-refractivity contribution < 1.29 is 48.9 Å². The number of rotatable bonds is 10. The maximum Gasteiger partial charge on any atom is 1.00 e. The first-order valence-electron chi connectivity index (χ1n) is 9.84. The molecule has 0 saturated heterocycles. The van der Waals surface area contributed by atoms with Crippen LogP contribution in [0.5, 0.6) is 5.75 Å². The Morgan fingerprint density at radius 3 is 2.37 bits per heavy atom. The van der Waals surface area contributed by atoms with E-state index in [4.69, 9.17) is 9.47 Å². The topological polar surface area (TPSA) is 63.5 Å². The van der Waals surface area contributed by atoms with Gasteiger partial charge in [0.15, 0.2) is 0 Å². The van der Waals surface area contributed by atoms with E-state index in [1.807, 2.05) is 42.5 Å². The predicted octanol–water partition coefficient (Wildman–Crippen LogP) is 0.244. The van der Waals surface area contributed by atoms with Crippen molar-refractivity contribution in [2.24, 2.45) is 0 Å². The van der Waals surface area contributed by atoms with Crippen molar-refractivity contribution in [3.63, 3.8) is 0 Å². The number of aliphatic carboxylic acids is 1. The summed E-state index contributed by atoms with van der Waals surface area (Å²) in [5.41, 5.74) is 4.41. The zero-order valence-electron chi connectivity index (χ0n) is 17.8. The summed E-state index contributed by atoms with van der Waals surface area (Å²) in [4.78, 5) is 11.1. The molecule has 6 heteroatoms. The third-order valence-electron chi connectivity index (χ3n) is 4.83. The number of hydrogen-bond acceptors (Lipinski definition) is 4. The summed E-state index contributed by atoms with van der Waals surface area (Å²) in [6.07, 6.45) is -0.653. The average Bonchev–Trinajstić information content (AvgIpc) is 3.10. The van der Waals surface area contributed by atoms with Crippen LogP contribution in [0.1, 0.15) is 18.2 Å². The summed E-state index contributed by atoms with van der Waals surface area (Å²) in [6, 6.07) is 22.0. The Morgan fingerprint density at radius 2 is 1.73 bits per heavy atom. The molecule has 152 valence electrons. The van der Waals surface area contributed by atoms with Crippen molar-refractivity contribution >= 4 is 5.97 Å². The number of hydrogen-bond donors (Lipinski definition) is 0. The van der Waals surface area contributed by atoms with E-state index in [2.05, 4.69) is 35.8 Å². The van der Waals surface area contributed by atoms with Crippen LogP contribution in [-0.2, 0) is 22.5 Å². The zero-order chi connectivity index (χ0) is 20.6. The number of aryl methyl sites for hydroxylation is 1. The molecule has 2 aromatic carbocycles. The van der Waals surface area contributed by atoms with Crippen molar-refractivity contribution in [3.05, 3.63) is 78.0 Å². The fraction of sp³-hybridized carbons (Fsp3) is 0.292. The molecular formula is C24H26NNaO4. The largest absolute Gasteiger partial charge is 1.00 e. The molecule has 5 nitrogen and oxygen atoms in total. The van der Waals surface area contributed by atoms with E-state index < -0.39 is 12.1 Å². The summed E-state index contributed by atoms with van der Waals surface area (Å²) < 4.78 is 13.4. The number of carbonyl (C=O) groups is 1. The first-order chi connectivity index (χ1) is 14.1. The minimum Gasteiger partial charge on any atom is -0.547 e. The fourth-order valence-corrected chi connectivity index (χ4v) is 3.33. The monoisotopic (exact) mass is 415 g/mol. The van der Waals surface area contributed by atoms with E-state index >= 15 is 0 Å². The van der Waals surface area contributed by atoms with Crippen molar-refractivity contribution in [2.45, 2.75) is 32.9 Å². The van der Waals surface area contributed by atoms with Gasteiger partial charge in [0.2, 0.25) is 0 Å². The Bertz CT molecular complexity index is 922. The molecule has 0 bridgehead atoms. The number of benzene rings is 2. The Morgan fingerprint density at radius 1 is 1.03 bits per heavy atom. The van der Waals surface area contributed by atoms with E-state index in [-0.39, 0.29) is 36.0 Å². The van der Waals surface area contributed by atoms with E-state index in [9.17, 15) is 9.90 Å². The second kappa shape index (κ2) is 12.0. The number of carboxylic acids is 1. The summed E-state index contributed by atoms with van der Waals surface area (Å²) in [5.74, 6) is -0.440. The van der Waals surface area contributed by atoms with Crippen LogP contribution in [0.4, 0.5) is 0 Å². The Kier molecular flexibility index (Phi) is 9.66. The summed E-state index contributed by atoms with van der Waals surface area (Å²) >= 11 is 0. The molecule has 1 aromatic heterocycles. The molecular weight excluding hydrogens is 389 g/mol. The second-order valence-electron chi connectivity index (χ2n) is 6.84. The number of carboxylic acid groups (broad SMARTS) is 1. The van der Waals surface area contributed by atoms with Crippen LogP contribution in [-0.4, -0.2) is 29.9 Å². The van der Waals surface area contributed by atoms with Crippen LogP contribution < -0.4 is 39.4 Å². The summed E-state index contributed by atoms with van der Waals surface area (Å²) in [6.45, 7) is 5.47. The van der Waals surface area contributed by atoms with Gasteiger partial charge in [-0.3, -0.25) is 0 Å². The van der Waals surface area contributed by atoms with Gasteiger partial charge in [-0.15, -0.1) is 0 Å². The van der Waals surface area contributed by atoms with Gasteiger partial charge in [0, 0.05) is 24.4 Å². The van der Waals surface area contributed by atoms with E-state index in [1.54, 1.807) is 6.92 Å². The molecule has 30 heavy (non-hydrogen) atoms. The van der Waals surface area contributed by atoms with Crippen LogP contribution in [0.25, 0.3) is 11.3 Å². The van der Waals surface area contributed by atoms with Gasteiger partial charge >= 0.3 is 29.6 Å². The smallest absolute Gasteiger partial charge is 0.547 e. The quantitative estimate of drug-likeness (QED) is 0.445. The van der Waals surface area contributed by atoms with Gasteiger partial charge in [0.25, 0.3) is 0 Å². The van der Waals surface area contributed by atoms with Crippen LogP contribution in [0.15, 0.2) is 66.7 Å². The van der Waals surface area contributed by atoms with Crippen LogP contribution in [0.2, 0.25) is 0 Å². The van der Waals surface area contributed by atoms with E-state index in [1.165, 1.54) is 17.0 Å². The van der Waals surface area contributed by atoms with E-state index in [0.717, 1.165) is 17.9 Å². The minimum absolute atomic E-state index is 0. The van der Waals surface area contributed by atoms with Gasteiger partial charge < -0.3 is 23.9 Å². The van der Waals surface area contributed by atoms with Crippen molar-refractivity contribution in [3.8, 4) is 17.0 Å². The molecule has 1 heterocycles. The van der Waals surface area contributed by atoms with E-state index in [0.29, 0.717) is 13.2 Å². The van der Waals surface area contributed by atoms with Gasteiger partial charge in [-0.2, -0.15) is 0 Å². The summed E-state index contributed by atoms with van der Waals surface area (Å²) in [7, 11) is 0. The van der Waals surface area contributed by atoms with Gasteiger partial charge in [-0.05, 0) is 49.2 Å². The van der Waals surface area contributed by atoms with Crippen LogP contribution in [0.3, 0.4) is 0 Å². The molecule has 0 aliphatic rings. The molecule has 0 saturated carbocycles. The third-order valence-corrected chi connectivity index (χ3v) is 4.83. The maximum absolute atomic E-state index is 11.1. The summed E-state index contributed by atoms with van der Waals surface area (Å²) in [5, 5.41) is 11.1. The van der Waals surface area contributed by atoms with Crippen molar-refractivity contribution in [2.75, 3.05) is 13.2 Å². The van der Waals surface area contributed by atoms with Crippen LogP contribution >= 0.6 is 0 Å². The molecule has 0 aliphatic carbocycles. The number of ether oxygens (including phenoxy) is 2. The molecule has 3 rings (SSSR count). The molecule has 1 atom stereocenters. The van der Waals surface area contributed by atoms with Gasteiger partial charge in [0.1, 0.15) is 18.5 Å². The van der Waals surface area contributed by atoms with Crippen molar-refractivity contribution in [1.29, 1.82) is 0 Å². The van der Waals surface area contributed by atoms with Gasteiger partial charge in [-0.25, -0.2) is 0 Å². The molecule has 0 amide bonds. The standard InChI is InChI=1S/C24H27NO4.Na/c1-3-28-23(24(26)27)17-19-10-12-21(13-11-19)29-16-15-25-18(2)9-14-22(25)20-7-5-4-6-8-20;/h4-14,23H,3,15-17H2,1-2H3,(H,26,27);/q;+1/p-1. The van der Waals surface area contributed by atoms with Gasteiger partial charge in [0.05, 0.1) is 12.5 Å². The molecule has 0 spiro atoms. The Labute approximate surface area is 199 Å². The first-order valence-corrected chi connectivity index (χ1v) is 9.84.